The lowest BCUT2D eigenvalue weighted by molar-refractivity contribution is 0.179. The maximum atomic E-state index is 11.3. The van der Waals surface area contributed by atoms with Crippen molar-refractivity contribution in [3.63, 3.8) is 0 Å². The standard InChI is InChI=1S/C8H18N4O/c1-6(7(9)10)5-12(4)8(13)11(2)3/h6H,5H2,1-4H3,(H3,9,10). The summed E-state index contributed by atoms with van der Waals surface area (Å²) in [4.78, 5) is 14.4. The molecule has 13 heavy (non-hydrogen) atoms. The largest absolute Gasteiger partial charge is 0.387 e. The topological polar surface area (TPSA) is 73.4 Å². The maximum absolute atomic E-state index is 11.3. The third kappa shape index (κ3) is 3.78. The van der Waals surface area contributed by atoms with Gasteiger partial charge in [-0.15, -0.1) is 0 Å². The zero-order valence-corrected chi connectivity index (χ0v) is 8.66. The van der Waals surface area contributed by atoms with Crippen LogP contribution in [-0.4, -0.2) is 49.4 Å². The van der Waals surface area contributed by atoms with Crippen LogP contribution in [0.4, 0.5) is 4.79 Å². The Kier molecular flexibility index (Phi) is 4.23. The SMILES string of the molecule is CC(CN(C)C(=O)N(C)C)C(=N)N. The van der Waals surface area contributed by atoms with E-state index in [1.807, 2.05) is 6.92 Å². The van der Waals surface area contributed by atoms with Gasteiger partial charge in [-0.2, -0.15) is 0 Å². The molecule has 1 atom stereocenters. The van der Waals surface area contributed by atoms with Gasteiger partial charge in [-0.3, -0.25) is 5.41 Å². The zero-order chi connectivity index (χ0) is 10.6. The molecule has 0 aliphatic carbocycles. The van der Waals surface area contributed by atoms with E-state index in [2.05, 4.69) is 0 Å². The van der Waals surface area contributed by atoms with Crippen molar-refractivity contribution in [2.24, 2.45) is 11.7 Å². The highest BCUT2D eigenvalue weighted by atomic mass is 16.2. The molecular weight excluding hydrogens is 168 g/mol. The third-order valence-electron chi connectivity index (χ3n) is 1.79. The Morgan fingerprint density at radius 1 is 1.46 bits per heavy atom. The molecule has 0 aromatic heterocycles. The number of amidine groups is 1. The van der Waals surface area contributed by atoms with Gasteiger partial charge in [-0.1, -0.05) is 6.92 Å². The van der Waals surface area contributed by atoms with Gasteiger partial charge in [-0.25, -0.2) is 4.79 Å². The summed E-state index contributed by atoms with van der Waals surface area (Å²) in [7, 11) is 5.08. The van der Waals surface area contributed by atoms with E-state index < -0.39 is 0 Å². The molecular formula is C8H18N4O. The molecule has 0 aromatic rings. The van der Waals surface area contributed by atoms with Gasteiger partial charge in [-0.05, 0) is 0 Å². The van der Waals surface area contributed by atoms with E-state index in [1.54, 1.807) is 26.0 Å². The van der Waals surface area contributed by atoms with Crippen LogP contribution in [0.5, 0.6) is 0 Å². The molecule has 0 rings (SSSR count). The molecule has 0 heterocycles. The number of nitrogens with one attached hydrogen (secondary N) is 1. The van der Waals surface area contributed by atoms with Crippen molar-refractivity contribution >= 4 is 11.9 Å². The highest BCUT2D eigenvalue weighted by molar-refractivity contribution is 5.80. The number of amides is 2. The normalized spacial score (nSPS) is 12.0. The van der Waals surface area contributed by atoms with Gasteiger partial charge in [0.1, 0.15) is 0 Å². The Labute approximate surface area is 79.0 Å². The Morgan fingerprint density at radius 2 is 1.92 bits per heavy atom. The second kappa shape index (κ2) is 4.69. The minimum atomic E-state index is -0.0890. The number of urea groups is 1. The van der Waals surface area contributed by atoms with Gasteiger partial charge in [0.2, 0.25) is 0 Å². The maximum Gasteiger partial charge on any atom is 0.319 e. The van der Waals surface area contributed by atoms with E-state index in [9.17, 15) is 4.79 Å². The fourth-order valence-electron chi connectivity index (χ4n) is 0.929. The van der Waals surface area contributed by atoms with Gasteiger partial charge in [0.05, 0.1) is 5.84 Å². The molecule has 5 nitrogen and oxygen atoms in total. The lowest BCUT2D eigenvalue weighted by atomic mass is 10.1. The number of rotatable bonds is 3. The minimum absolute atomic E-state index is 0.0758. The highest BCUT2D eigenvalue weighted by Crippen LogP contribution is 1.99. The monoisotopic (exact) mass is 186 g/mol. The zero-order valence-electron chi connectivity index (χ0n) is 8.66. The molecule has 0 saturated heterocycles. The summed E-state index contributed by atoms with van der Waals surface area (Å²) in [5.41, 5.74) is 5.29. The Bertz CT molecular complexity index is 202. The van der Waals surface area contributed by atoms with Gasteiger partial charge < -0.3 is 15.5 Å². The number of carbonyl (C=O) groups is 1. The summed E-state index contributed by atoms with van der Waals surface area (Å²) in [5, 5.41) is 7.17. The van der Waals surface area contributed by atoms with Crippen LogP contribution in [0.1, 0.15) is 6.92 Å². The van der Waals surface area contributed by atoms with E-state index in [0.717, 1.165) is 0 Å². The average Bonchev–Trinajstić information content (AvgIpc) is 2.02. The highest BCUT2D eigenvalue weighted by Gasteiger charge is 2.14. The molecule has 76 valence electrons. The van der Waals surface area contributed by atoms with Crippen molar-refractivity contribution in [2.75, 3.05) is 27.7 Å². The molecule has 0 bridgehead atoms. The second-order valence-electron chi connectivity index (χ2n) is 3.41. The van der Waals surface area contributed by atoms with Crippen LogP contribution >= 0.6 is 0 Å². The van der Waals surface area contributed by atoms with Gasteiger partial charge in [0, 0.05) is 33.6 Å². The lowest BCUT2D eigenvalue weighted by Gasteiger charge is -2.24. The second-order valence-corrected chi connectivity index (χ2v) is 3.41. The number of nitrogens with two attached hydrogens (primary N) is 1. The molecule has 2 amide bonds. The number of nitrogens with zero attached hydrogens (tertiary/aromatic N) is 2. The third-order valence-corrected chi connectivity index (χ3v) is 1.79. The first-order chi connectivity index (χ1) is 5.86. The molecule has 0 fully saturated rings. The average molecular weight is 186 g/mol. The van der Waals surface area contributed by atoms with Crippen LogP contribution in [0, 0.1) is 11.3 Å². The van der Waals surface area contributed by atoms with Gasteiger partial charge >= 0.3 is 6.03 Å². The van der Waals surface area contributed by atoms with E-state index in [4.69, 9.17) is 11.1 Å². The summed E-state index contributed by atoms with van der Waals surface area (Å²) in [6.07, 6.45) is 0. The van der Waals surface area contributed by atoms with Crippen molar-refractivity contribution in [3.8, 4) is 0 Å². The van der Waals surface area contributed by atoms with Crippen LogP contribution in [0.25, 0.3) is 0 Å². The molecule has 0 aliphatic heterocycles. The van der Waals surface area contributed by atoms with E-state index in [-0.39, 0.29) is 17.8 Å². The fourth-order valence-corrected chi connectivity index (χ4v) is 0.929. The molecule has 0 aliphatic rings. The van der Waals surface area contributed by atoms with E-state index >= 15 is 0 Å². The molecule has 1 unspecified atom stereocenters. The lowest BCUT2D eigenvalue weighted by Crippen LogP contribution is -2.41. The van der Waals surface area contributed by atoms with Crippen LogP contribution < -0.4 is 5.73 Å². The first-order valence-corrected chi connectivity index (χ1v) is 4.12. The molecule has 5 heteroatoms. The predicted octanol–water partition coefficient (Wildman–Crippen LogP) is 0.172. The molecule has 0 radical (unpaired) electrons. The number of carbonyl (C=O) groups excluding carboxylic acids is 1. The summed E-state index contributed by atoms with van der Waals surface area (Å²) < 4.78 is 0. The number of hydrogen-bond acceptors (Lipinski definition) is 2. The smallest absolute Gasteiger partial charge is 0.319 e. The van der Waals surface area contributed by atoms with Crippen LogP contribution in [0.2, 0.25) is 0 Å². The Balaban J connectivity index is 4.07. The van der Waals surface area contributed by atoms with E-state index in [0.29, 0.717) is 6.54 Å². The Morgan fingerprint density at radius 3 is 2.23 bits per heavy atom. The molecule has 0 spiro atoms. The number of hydrogen-bond donors (Lipinski definition) is 2. The van der Waals surface area contributed by atoms with Crippen molar-refractivity contribution in [1.82, 2.24) is 9.80 Å². The molecule has 0 aromatic carbocycles. The molecule has 0 saturated carbocycles. The van der Waals surface area contributed by atoms with Crippen LogP contribution in [0.15, 0.2) is 0 Å². The van der Waals surface area contributed by atoms with Crippen LogP contribution in [-0.2, 0) is 0 Å². The summed E-state index contributed by atoms with van der Waals surface area (Å²) >= 11 is 0. The van der Waals surface area contributed by atoms with Crippen LogP contribution in [0.3, 0.4) is 0 Å². The predicted molar refractivity (Wildman–Crippen MR) is 52.8 cm³/mol. The Hall–Kier alpha value is -1.26. The quantitative estimate of drug-likeness (QED) is 0.487. The van der Waals surface area contributed by atoms with Crippen molar-refractivity contribution in [3.05, 3.63) is 0 Å². The summed E-state index contributed by atoms with van der Waals surface area (Å²) in [6.45, 7) is 2.30. The first-order valence-electron chi connectivity index (χ1n) is 4.12. The minimum Gasteiger partial charge on any atom is -0.387 e. The summed E-state index contributed by atoms with van der Waals surface area (Å²) in [6, 6.07) is -0.0758. The van der Waals surface area contributed by atoms with Gasteiger partial charge in [0.15, 0.2) is 0 Å². The first kappa shape index (κ1) is 11.7. The van der Waals surface area contributed by atoms with Crippen molar-refractivity contribution in [2.45, 2.75) is 6.92 Å². The van der Waals surface area contributed by atoms with Crippen molar-refractivity contribution in [1.29, 1.82) is 5.41 Å². The fraction of sp³-hybridized carbons (Fsp3) is 0.750. The van der Waals surface area contributed by atoms with Crippen molar-refractivity contribution < 1.29 is 4.79 Å². The molecule has 3 N–H and O–H groups in total. The summed E-state index contributed by atoms with van der Waals surface area (Å²) in [5.74, 6) is 0.0207. The van der Waals surface area contributed by atoms with Gasteiger partial charge in [0.25, 0.3) is 0 Å². The van der Waals surface area contributed by atoms with E-state index in [1.165, 1.54) is 4.90 Å².